The first-order valence-corrected chi connectivity index (χ1v) is 10.3. The second kappa shape index (κ2) is 8.84. The van der Waals surface area contributed by atoms with Crippen LogP contribution in [0, 0.1) is 12.8 Å². The molecular weight excluding hydrogens is 370 g/mol. The number of hydrogen-bond donors (Lipinski definition) is 1. The van der Waals surface area contributed by atoms with Gasteiger partial charge in [-0.25, -0.2) is 0 Å². The largest absolute Gasteiger partial charge is 0.484 e. The number of piperazine rings is 1. The molecule has 2 aliphatic heterocycles. The van der Waals surface area contributed by atoms with E-state index in [2.05, 4.69) is 19.2 Å². The first-order valence-electron chi connectivity index (χ1n) is 10.3. The summed E-state index contributed by atoms with van der Waals surface area (Å²) in [6, 6.07) is 6.97. The zero-order valence-corrected chi connectivity index (χ0v) is 17.7. The number of nitrogens with one attached hydrogen (secondary N) is 1. The molecule has 0 aromatic heterocycles. The molecule has 7 heteroatoms. The molecule has 3 atom stereocenters. The summed E-state index contributed by atoms with van der Waals surface area (Å²) in [7, 11) is 0. The van der Waals surface area contributed by atoms with Crippen molar-refractivity contribution in [3.63, 3.8) is 0 Å². The minimum Gasteiger partial charge on any atom is -0.484 e. The van der Waals surface area contributed by atoms with Gasteiger partial charge in [-0.1, -0.05) is 26.0 Å². The van der Waals surface area contributed by atoms with Gasteiger partial charge in [0, 0.05) is 26.1 Å². The fourth-order valence-electron chi connectivity index (χ4n) is 4.31. The quantitative estimate of drug-likeness (QED) is 0.788. The Morgan fingerprint density at radius 2 is 2.03 bits per heavy atom. The predicted molar refractivity (Wildman–Crippen MR) is 109 cm³/mol. The van der Waals surface area contributed by atoms with E-state index in [0.29, 0.717) is 31.7 Å². The molecule has 0 saturated carbocycles. The van der Waals surface area contributed by atoms with E-state index in [1.807, 2.05) is 36.1 Å². The highest BCUT2D eigenvalue weighted by atomic mass is 16.5. The first kappa shape index (κ1) is 21.1. The zero-order valence-electron chi connectivity index (χ0n) is 17.7. The van der Waals surface area contributed by atoms with Gasteiger partial charge in [-0.05, 0) is 43.4 Å². The van der Waals surface area contributed by atoms with Gasteiger partial charge in [0.1, 0.15) is 11.8 Å². The Bertz CT molecular complexity index is 779. The Morgan fingerprint density at radius 1 is 1.28 bits per heavy atom. The monoisotopic (exact) mass is 401 g/mol. The summed E-state index contributed by atoms with van der Waals surface area (Å²) in [5, 5.41) is 2.91. The van der Waals surface area contributed by atoms with Gasteiger partial charge >= 0.3 is 0 Å². The molecular formula is C22H31N3O4. The molecule has 2 aliphatic rings. The van der Waals surface area contributed by atoms with Crippen molar-refractivity contribution in [2.45, 2.75) is 58.7 Å². The van der Waals surface area contributed by atoms with E-state index in [4.69, 9.17) is 4.74 Å². The minimum absolute atomic E-state index is 0.0216. The van der Waals surface area contributed by atoms with Crippen LogP contribution in [0.1, 0.15) is 39.2 Å². The fraction of sp³-hybridized carbons (Fsp3) is 0.591. The molecule has 0 bridgehead atoms. The van der Waals surface area contributed by atoms with Crippen LogP contribution >= 0.6 is 0 Å². The predicted octanol–water partition coefficient (Wildman–Crippen LogP) is 1.74. The lowest BCUT2D eigenvalue weighted by molar-refractivity contribution is -0.155. The number of fused-ring (bicyclic) bond motifs is 1. The molecule has 0 unspecified atom stereocenters. The summed E-state index contributed by atoms with van der Waals surface area (Å²) in [4.78, 5) is 41.1. The number of aryl methyl sites for hydroxylation is 1. The highest BCUT2D eigenvalue weighted by Gasteiger charge is 2.47. The maximum atomic E-state index is 13.2. The van der Waals surface area contributed by atoms with Crippen LogP contribution in [-0.2, 0) is 14.4 Å². The van der Waals surface area contributed by atoms with Gasteiger partial charge in [0.05, 0.1) is 6.04 Å². The molecule has 0 radical (unpaired) electrons. The van der Waals surface area contributed by atoms with E-state index in [1.165, 1.54) is 6.92 Å². The first-order chi connectivity index (χ1) is 13.7. The highest BCUT2D eigenvalue weighted by Crippen LogP contribution is 2.29. The van der Waals surface area contributed by atoms with Gasteiger partial charge in [-0.2, -0.15) is 0 Å². The number of amides is 3. The van der Waals surface area contributed by atoms with Gasteiger partial charge in [0.2, 0.25) is 11.8 Å². The summed E-state index contributed by atoms with van der Waals surface area (Å²) < 4.78 is 5.70. The molecule has 0 aliphatic carbocycles. The lowest BCUT2D eigenvalue weighted by Gasteiger charge is -2.43. The van der Waals surface area contributed by atoms with Crippen molar-refractivity contribution in [2.24, 2.45) is 5.92 Å². The molecule has 7 nitrogen and oxygen atoms in total. The van der Waals surface area contributed by atoms with Gasteiger partial charge in [-0.15, -0.1) is 0 Å². The van der Waals surface area contributed by atoms with Crippen molar-refractivity contribution < 1.29 is 19.1 Å². The second-order valence-corrected chi connectivity index (χ2v) is 8.57. The minimum atomic E-state index is -0.476. The van der Waals surface area contributed by atoms with Crippen molar-refractivity contribution in [1.29, 1.82) is 0 Å². The maximum Gasteiger partial charge on any atom is 0.261 e. The Kier molecular flexibility index (Phi) is 6.45. The van der Waals surface area contributed by atoms with Crippen LogP contribution in [-0.4, -0.2) is 65.3 Å². The number of hydrogen-bond acceptors (Lipinski definition) is 4. The van der Waals surface area contributed by atoms with Crippen LogP contribution in [0.2, 0.25) is 0 Å². The van der Waals surface area contributed by atoms with Crippen molar-refractivity contribution in [2.75, 3.05) is 19.7 Å². The van der Waals surface area contributed by atoms with E-state index >= 15 is 0 Å². The Hall–Kier alpha value is -2.57. The second-order valence-electron chi connectivity index (χ2n) is 8.57. The Balaban J connectivity index is 1.71. The fourth-order valence-corrected chi connectivity index (χ4v) is 4.31. The molecule has 158 valence electrons. The van der Waals surface area contributed by atoms with Crippen molar-refractivity contribution >= 4 is 17.7 Å². The average Bonchev–Trinajstić information content (AvgIpc) is 3.03. The Labute approximate surface area is 172 Å². The summed E-state index contributed by atoms with van der Waals surface area (Å²) in [6.45, 7) is 8.46. The molecule has 3 rings (SSSR count). The van der Waals surface area contributed by atoms with Gasteiger partial charge in [0.15, 0.2) is 6.61 Å². The Morgan fingerprint density at radius 3 is 2.69 bits per heavy atom. The summed E-state index contributed by atoms with van der Waals surface area (Å²) in [5.41, 5.74) is 1.06. The normalized spacial score (nSPS) is 23.9. The third-order valence-corrected chi connectivity index (χ3v) is 5.54. The standard InChI is InChI=1S/C22H31N3O4/c1-14(2)8-20-22(28)24-11-17(23-16(4)26)10-18(24)12-25(20)21(27)13-29-19-7-5-6-15(3)9-19/h5-7,9,14,17-18,20H,8,10-13H2,1-4H3,(H,23,26)/t17-,18-,20-/m0/s1. The number of carbonyl (C=O) groups excluding carboxylic acids is 3. The molecule has 1 aromatic rings. The number of ether oxygens (including phenoxy) is 1. The molecule has 29 heavy (non-hydrogen) atoms. The molecule has 1 aromatic carbocycles. The molecule has 2 heterocycles. The van der Waals surface area contributed by atoms with E-state index in [9.17, 15) is 14.4 Å². The molecule has 3 amide bonds. The van der Waals surface area contributed by atoms with Crippen LogP contribution < -0.4 is 10.1 Å². The van der Waals surface area contributed by atoms with Crippen LogP contribution in [0.5, 0.6) is 5.75 Å². The molecule has 2 saturated heterocycles. The molecule has 0 spiro atoms. The van der Waals surface area contributed by atoms with Crippen LogP contribution in [0.4, 0.5) is 0 Å². The van der Waals surface area contributed by atoms with Crippen molar-refractivity contribution in [1.82, 2.24) is 15.1 Å². The summed E-state index contributed by atoms with van der Waals surface area (Å²) >= 11 is 0. The van der Waals surface area contributed by atoms with Crippen molar-refractivity contribution in [3.05, 3.63) is 29.8 Å². The van der Waals surface area contributed by atoms with Crippen LogP contribution in [0.3, 0.4) is 0 Å². The molecule has 1 N–H and O–H groups in total. The van der Waals surface area contributed by atoms with Gasteiger partial charge < -0.3 is 19.9 Å². The highest BCUT2D eigenvalue weighted by molar-refractivity contribution is 5.90. The van der Waals surface area contributed by atoms with E-state index < -0.39 is 6.04 Å². The number of rotatable bonds is 6. The topological polar surface area (TPSA) is 79.0 Å². The SMILES string of the molecule is CC(=O)N[C@H]1C[C@H]2CN(C(=O)COc3cccc(C)c3)[C@@H](CC(C)C)C(=O)N2C1. The van der Waals surface area contributed by atoms with Crippen LogP contribution in [0.15, 0.2) is 24.3 Å². The number of carbonyl (C=O) groups is 3. The van der Waals surface area contributed by atoms with Gasteiger partial charge in [0.25, 0.3) is 5.91 Å². The van der Waals surface area contributed by atoms with E-state index in [0.717, 1.165) is 5.56 Å². The summed E-state index contributed by atoms with van der Waals surface area (Å²) in [5.74, 6) is 0.637. The third-order valence-electron chi connectivity index (χ3n) is 5.54. The molecule has 2 fully saturated rings. The zero-order chi connectivity index (χ0) is 21.1. The number of benzene rings is 1. The van der Waals surface area contributed by atoms with Crippen molar-refractivity contribution in [3.8, 4) is 5.75 Å². The lowest BCUT2D eigenvalue weighted by Crippen LogP contribution is -2.62. The van der Waals surface area contributed by atoms with E-state index in [-0.39, 0.29) is 42.3 Å². The summed E-state index contributed by atoms with van der Waals surface area (Å²) in [6.07, 6.45) is 1.28. The van der Waals surface area contributed by atoms with Gasteiger partial charge in [-0.3, -0.25) is 14.4 Å². The lowest BCUT2D eigenvalue weighted by atomic mass is 9.97. The van der Waals surface area contributed by atoms with E-state index in [1.54, 1.807) is 4.90 Å². The maximum absolute atomic E-state index is 13.2. The smallest absolute Gasteiger partial charge is 0.261 e. The van der Waals surface area contributed by atoms with Crippen LogP contribution in [0.25, 0.3) is 0 Å². The number of nitrogens with zero attached hydrogens (tertiary/aromatic N) is 2. The third kappa shape index (κ3) is 5.08. The average molecular weight is 402 g/mol.